The lowest BCUT2D eigenvalue weighted by Gasteiger charge is -2.17. The molecule has 0 bridgehead atoms. The lowest BCUT2D eigenvalue weighted by molar-refractivity contribution is -0.148. The number of ether oxygens (including phenoxy) is 1. The Morgan fingerprint density at radius 3 is 2.77 bits per heavy atom. The summed E-state index contributed by atoms with van der Waals surface area (Å²) in [7, 11) is 0. The number of carboxylic acids is 1. The molecule has 2 aliphatic carbocycles. The van der Waals surface area contributed by atoms with Crippen LogP contribution in [-0.4, -0.2) is 23.7 Å². The van der Waals surface area contributed by atoms with Crippen LogP contribution in [0.2, 0.25) is 0 Å². The molecule has 2 unspecified atom stereocenters. The monoisotopic (exact) mass is 352 g/mol. The zero-order valence-corrected chi connectivity index (χ0v) is 15.1. The molecule has 0 saturated heterocycles. The summed E-state index contributed by atoms with van der Waals surface area (Å²) in [6.45, 7) is 4.18. The number of fused-ring (bicyclic) bond motifs is 2. The van der Waals surface area contributed by atoms with Crippen molar-refractivity contribution in [1.82, 2.24) is 0 Å². The number of aliphatic carboxylic acids is 1. The van der Waals surface area contributed by atoms with Gasteiger partial charge in [-0.1, -0.05) is 62.4 Å². The van der Waals surface area contributed by atoms with Crippen molar-refractivity contribution >= 4 is 17.5 Å². The molecule has 136 valence electrons. The number of carbonyl (C=O) groups excluding carboxylic acids is 1. The molecule has 0 aliphatic heterocycles. The van der Waals surface area contributed by atoms with Gasteiger partial charge in [0, 0.05) is 18.3 Å². The first-order valence-electron chi connectivity index (χ1n) is 9.05. The van der Waals surface area contributed by atoms with Crippen molar-refractivity contribution in [1.29, 1.82) is 0 Å². The molecule has 0 amide bonds. The fourth-order valence-corrected chi connectivity index (χ4v) is 3.70. The molecule has 1 aromatic carbocycles. The van der Waals surface area contributed by atoms with Gasteiger partial charge in [-0.25, -0.2) is 0 Å². The van der Waals surface area contributed by atoms with Gasteiger partial charge in [0.25, 0.3) is 0 Å². The van der Waals surface area contributed by atoms with Gasteiger partial charge < -0.3 is 9.84 Å². The molecule has 26 heavy (non-hydrogen) atoms. The number of esters is 1. The SMILES string of the molecule is CC(CCC(=O)O)C(=O)OCC1C2=C(c3ccccc31)[C@@H](C)C=CC=C2. The molecule has 1 N–H and O–H groups in total. The van der Waals surface area contributed by atoms with Gasteiger partial charge in [0.1, 0.15) is 6.61 Å². The molecule has 0 heterocycles. The van der Waals surface area contributed by atoms with Crippen molar-refractivity contribution in [2.45, 2.75) is 32.6 Å². The Morgan fingerprint density at radius 2 is 2.00 bits per heavy atom. The second kappa shape index (κ2) is 7.73. The zero-order valence-electron chi connectivity index (χ0n) is 15.1. The minimum atomic E-state index is -0.894. The minimum Gasteiger partial charge on any atom is -0.481 e. The van der Waals surface area contributed by atoms with Crippen LogP contribution in [0, 0.1) is 11.8 Å². The predicted octanol–water partition coefficient (Wildman–Crippen LogP) is 4.34. The van der Waals surface area contributed by atoms with Gasteiger partial charge in [-0.2, -0.15) is 0 Å². The highest BCUT2D eigenvalue weighted by Crippen LogP contribution is 2.46. The molecular formula is C22H24O4. The number of hydrogen-bond acceptors (Lipinski definition) is 3. The van der Waals surface area contributed by atoms with Gasteiger partial charge in [0.15, 0.2) is 0 Å². The van der Waals surface area contributed by atoms with Gasteiger partial charge in [-0.15, -0.1) is 0 Å². The Kier molecular flexibility index (Phi) is 5.40. The number of carbonyl (C=O) groups is 2. The maximum Gasteiger partial charge on any atom is 0.308 e. The van der Waals surface area contributed by atoms with E-state index in [0.717, 1.165) is 0 Å². The first kappa shape index (κ1) is 18.2. The molecule has 4 heteroatoms. The summed E-state index contributed by atoms with van der Waals surface area (Å²) in [4.78, 5) is 22.9. The normalized spacial score (nSPS) is 21.8. The number of carboxylic acid groups (broad SMARTS) is 1. The first-order valence-corrected chi connectivity index (χ1v) is 9.05. The second-order valence-corrected chi connectivity index (χ2v) is 7.01. The highest BCUT2D eigenvalue weighted by molar-refractivity contribution is 5.83. The fraction of sp³-hybridized carbons (Fsp3) is 0.364. The summed E-state index contributed by atoms with van der Waals surface area (Å²) in [5, 5.41) is 8.76. The Labute approximate surface area is 153 Å². The van der Waals surface area contributed by atoms with E-state index in [-0.39, 0.29) is 24.9 Å². The lowest BCUT2D eigenvalue weighted by atomic mass is 9.93. The number of rotatable bonds is 6. The molecule has 0 aromatic heterocycles. The highest BCUT2D eigenvalue weighted by Gasteiger charge is 2.33. The van der Waals surface area contributed by atoms with Gasteiger partial charge >= 0.3 is 11.9 Å². The molecule has 1 aromatic rings. The third kappa shape index (κ3) is 3.64. The molecule has 2 aliphatic rings. The average Bonchev–Trinajstić information content (AvgIpc) is 2.81. The lowest BCUT2D eigenvalue weighted by Crippen LogP contribution is -2.19. The Hall–Kier alpha value is -2.62. The van der Waals surface area contributed by atoms with Crippen LogP contribution < -0.4 is 0 Å². The Balaban J connectivity index is 1.77. The van der Waals surface area contributed by atoms with E-state index >= 15 is 0 Å². The van der Waals surface area contributed by atoms with E-state index in [0.29, 0.717) is 12.3 Å². The molecule has 0 saturated carbocycles. The van der Waals surface area contributed by atoms with E-state index in [1.807, 2.05) is 18.2 Å². The summed E-state index contributed by atoms with van der Waals surface area (Å²) in [6.07, 6.45) is 8.66. The number of hydrogen-bond donors (Lipinski definition) is 1. The van der Waals surface area contributed by atoms with Gasteiger partial charge in [0.2, 0.25) is 0 Å². The first-order chi connectivity index (χ1) is 12.5. The van der Waals surface area contributed by atoms with Crippen LogP contribution in [-0.2, 0) is 14.3 Å². The summed E-state index contributed by atoms with van der Waals surface area (Å²) in [5.74, 6) is -1.32. The number of benzene rings is 1. The molecule has 0 spiro atoms. The van der Waals surface area contributed by atoms with Crippen LogP contribution in [0.4, 0.5) is 0 Å². The highest BCUT2D eigenvalue weighted by atomic mass is 16.5. The van der Waals surface area contributed by atoms with Crippen molar-refractivity contribution in [3.8, 4) is 0 Å². The third-order valence-electron chi connectivity index (χ3n) is 5.14. The Morgan fingerprint density at radius 1 is 1.23 bits per heavy atom. The van der Waals surface area contributed by atoms with Crippen LogP contribution in [0.25, 0.3) is 5.57 Å². The van der Waals surface area contributed by atoms with Crippen molar-refractivity contribution in [3.63, 3.8) is 0 Å². The van der Waals surface area contributed by atoms with Crippen LogP contribution in [0.1, 0.15) is 43.7 Å². The molecule has 0 fully saturated rings. The van der Waals surface area contributed by atoms with Crippen LogP contribution in [0.3, 0.4) is 0 Å². The standard InChI is InChI=1S/C22H24O4/c1-14-7-3-4-10-18-19(16-8-5-6-9-17(16)21(14)18)13-26-22(25)15(2)11-12-20(23)24/h3-10,14-15,19H,11-13H2,1-2H3,(H,23,24)/t14-,15?,19?/m0/s1. The molecule has 4 nitrogen and oxygen atoms in total. The summed E-state index contributed by atoms with van der Waals surface area (Å²) in [5.41, 5.74) is 4.92. The molecule has 3 atom stereocenters. The van der Waals surface area contributed by atoms with E-state index in [9.17, 15) is 9.59 Å². The van der Waals surface area contributed by atoms with E-state index in [1.54, 1.807) is 6.92 Å². The maximum atomic E-state index is 12.3. The van der Waals surface area contributed by atoms with E-state index in [1.165, 1.54) is 22.3 Å². The summed E-state index contributed by atoms with van der Waals surface area (Å²) >= 11 is 0. The van der Waals surface area contributed by atoms with E-state index in [4.69, 9.17) is 9.84 Å². The minimum absolute atomic E-state index is 0.0235. The number of allylic oxidation sites excluding steroid dienone is 5. The maximum absolute atomic E-state index is 12.3. The Bertz CT molecular complexity index is 800. The second-order valence-electron chi connectivity index (χ2n) is 7.01. The third-order valence-corrected chi connectivity index (χ3v) is 5.14. The van der Waals surface area contributed by atoms with Gasteiger partial charge in [-0.05, 0) is 28.7 Å². The van der Waals surface area contributed by atoms with Crippen LogP contribution in [0.5, 0.6) is 0 Å². The van der Waals surface area contributed by atoms with E-state index < -0.39 is 11.9 Å². The molecular weight excluding hydrogens is 328 g/mol. The van der Waals surface area contributed by atoms with Gasteiger partial charge in [-0.3, -0.25) is 9.59 Å². The molecule has 0 radical (unpaired) electrons. The van der Waals surface area contributed by atoms with Crippen molar-refractivity contribution in [2.24, 2.45) is 11.8 Å². The summed E-state index contributed by atoms with van der Waals surface area (Å²) in [6, 6.07) is 8.28. The van der Waals surface area contributed by atoms with Crippen molar-refractivity contribution in [3.05, 3.63) is 65.3 Å². The van der Waals surface area contributed by atoms with Crippen molar-refractivity contribution in [2.75, 3.05) is 6.61 Å². The van der Waals surface area contributed by atoms with Crippen LogP contribution in [0.15, 0.2) is 54.1 Å². The fourth-order valence-electron chi connectivity index (χ4n) is 3.70. The van der Waals surface area contributed by atoms with E-state index in [2.05, 4.69) is 37.3 Å². The van der Waals surface area contributed by atoms with Crippen molar-refractivity contribution < 1.29 is 19.4 Å². The van der Waals surface area contributed by atoms with Gasteiger partial charge in [0.05, 0.1) is 5.92 Å². The quantitative estimate of drug-likeness (QED) is 0.774. The predicted molar refractivity (Wildman–Crippen MR) is 101 cm³/mol. The summed E-state index contributed by atoms with van der Waals surface area (Å²) < 4.78 is 5.58. The molecule has 3 rings (SSSR count). The average molecular weight is 352 g/mol. The largest absolute Gasteiger partial charge is 0.481 e. The van der Waals surface area contributed by atoms with Crippen LogP contribution >= 0.6 is 0 Å². The smallest absolute Gasteiger partial charge is 0.308 e. The zero-order chi connectivity index (χ0) is 18.7. The topological polar surface area (TPSA) is 63.6 Å².